The van der Waals surface area contributed by atoms with Crippen molar-refractivity contribution in [2.45, 2.75) is 39.8 Å². The molecule has 1 amide bonds. The first-order chi connectivity index (χ1) is 9.56. The van der Waals surface area contributed by atoms with E-state index in [0.717, 1.165) is 24.5 Å². The Morgan fingerprint density at radius 2 is 2.10 bits per heavy atom. The lowest BCUT2D eigenvalue weighted by Gasteiger charge is -2.16. The molecular formula is C15H25IN4O. The number of hydrogen-bond donors (Lipinski definition) is 3. The maximum absolute atomic E-state index is 11.1. The Labute approximate surface area is 143 Å². The van der Waals surface area contributed by atoms with Crippen LogP contribution in [0, 0.1) is 0 Å². The molecule has 21 heavy (non-hydrogen) atoms. The highest BCUT2D eigenvalue weighted by molar-refractivity contribution is 14.0. The van der Waals surface area contributed by atoms with Gasteiger partial charge in [-0.3, -0.25) is 4.79 Å². The highest BCUT2D eigenvalue weighted by Crippen LogP contribution is 2.06. The third kappa shape index (κ3) is 7.31. The van der Waals surface area contributed by atoms with Gasteiger partial charge in [0.2, 0.25) is 5.91 Å². The summed E-state index contributed by atoms with van der Waals surface area (Å²) in [6, 6.07) is 7.60. The van der Waals surface area contributed by atoms with Crippen LogP contribution in [-0.2, 0) is 6.54 Å². The van der Waals surface area contributed by atoms with E-state index < -0.39 is 5.91 Å². The lowest BCUT2D eigenvalue weighted by atomic mass is 10.1. The fourth-order valence-electron chi connectivity index (χ4n) is 1.65. The SMILES string of the molecule is CCNC(=NCc1cccc(C(N)=O)c1)NC(C)CC.I. The summed E-state index contributed by atoms with van der Waals surface area (Å²) >= 11 is 0. The van der Waals surface area contributed by atoms with Crippen LogP contribution < -0.4 is 16.4 Å². The second-order valence-corrected chi connectivity index (χ2v) is 4.71. The molecule has 4 N–H and O–H groups in total. The molecule has 118 valence electrons. The van der Waals surface area contributed by atoms with Gasteiger partial charge in [-0.15, -0.1) is 24.0 Å². The lowest BCUT2D eigenvalue weighted by Crippen LogP contribution is -2.41. The molecule has 0 saturated heterocycles. The molecule has 1 aromatic carbocycles. The zero-order valence-electron chi connectivity index (χ0n) is 12.8. The van der Waals surface area contributed by atoms with E-state index in [-0.39, 0.29) is 24.0 Å². The molecule has 0 aliphatic heterocycles. The first-order valence-corrected chi connectivity index (χ1v) is 7.00. The summed E-state index contributed by atoms with van der Waals surface area (Å²) in [5, 5.41) is 6.53. The molecule has 1 aromatic rings. The van der Waals surface area contributed by atoms with E-state index in [2.05, 4.69) is 29.5 Å². The summed E-state index contributed by atoms with van der Waals surface area (Å²) in [6.45, 7) is 7.58. The van der Waals surface area contributed by atoms with Gasteiger partial charge in [-0.25, -0.2) is 4.99 Å². The molecule has 0 saturated carbocycles. The number of amides is 1. The molecule has 0 aromatic heterocycles. The Bertz CT molecular complexity index is 476. The maximum Gasteiger partial charge on any atom is 0.248 e. The number of benzene rings is 1. The zero-order chi connectivity index (χ0) is 15.0. The number of nitrogens with zero attached hydrogens (tertiary/aromatic N) is 1. The van der Waals surface area contributed by atoms with Crippen molar-refractivity contribution in [2.24, 2.45) is 10.7 Å². The number of aliphatic imine (C=N–C) groups is 1. The van der Waals surface area contributed by atoms with E-state index in [0.29, 0.717) is 18.2 Å². The summed E-state index contributed by atoms with van der Waals surface area (Å²) in [5.41, 5.74) is 6.74. The minimum Gasteiger partial charge on any atom is -0.366 e. The first-order valence-electron chi connectivity index (χ1n) is 7.00. The second kappa shape index (κ2) is 10.4. The quantitative estimate of drug-likeness (QED) is 0.387. The Hall–Kier alpha value is -1.31. The van der Waals surface area contributed by atoms with Crippen molar-refractivity contribution in [3.8, 4) is 0 Å². The van der Waals surface area contributed by atoms with E-state index in [4.69, 9.17) is 5.73 Å². The van der Waals surface area contributed by atoms with Crippen molar-refractivity contribution in [1.82, 2.24) is 10.6 Å². The largest absolute Gasteiger partial charge is 0.366 e. The topological polar surface area (TPSA) is 79.5 Å². The van der Waals surface area contributed by atoms with Gasteiger partial charge in [-0.05, 0) is 38.0 Å². The van der Waals surface area contributed by atoms with Crippen LogP contribution in [0.25, 0.3) is 0 Å². The van der Waals surface area contributed by atoms with Crippen molar-refractivity contribution in [3.05, 3.63) is 35.4 Å². The van der Waals surface area contributed by atoms with E-state index in [9.17, 15) is 4.79 Å². The molecule has 0 radical (unpaired) electrons. The van der Waals surface area contributed by atoms with E-state index in [1.54, 1.807) is 12.1 Å². The van der Waals surface area contributed by atoms with E-state index >= 15 is 0 Å². The molecule has 6 heteroatoms. The Morgan fingerprint density at radius 1 is 1.38 bits per heavy atom. The van der Waals surface area contributed by atoms with E-state index in [1.165, 1.54) is 0 Å². The molecular weight excluding hydrogens is 379 g/mol. The number of guanidine groups is 1. The molecule has 0 aliphatic carbocycles. The fraction of sp³-hybridized carbons (Fsp3) is 0.467. The van der Waals surface area contributed by atoms with Gasteiger partial charge in [0, 0.05) is 18.2 Å². The van der Waals surface area contributed by atoms with Gasteiger partial charge in [-0.2, -0.15) is 0 Å². The van der Waals surface area contributed by atoms with Crippen molar-refractivity contribution >= 4 is 35.8 Å². The van der Waals surface area contributed by atoms with Crippen LogP contribution in [0.15, 0.2) is 29.3 Å². The van der Waals surface area contributed by atoms with Crippen LogP contribution in [0.3, 0.4) is 0 Å². The molecule has 0 spiro atoms. The van der Waals surface area contributed by atoms with Crippen molar-refractivity contribution in [1.29, 1.82) is 0 Å². The average Bonchev–Trinajstić information content (AvgIpc) is 2.45. The van der Waals surface area contributed by atoms with Gasteiger partial charge in [-0.1, -0.05) is 19.1 Å². The van der Waals surface area contributed by atoms with Gasteiger partial charge < -0.3 is 16.4 Å². The molecule has 0 aliphatic rings. The number of nitrogens with one attached hydrogen (secondary N) is 2. The molecule has 0 bridgehead atoms. The fourth-order valence-corrected chi connectivity index (χ4v) is 1.65. The number of hydrogen-bond acceptors (Lipinski definition) is 2. The molecule has 0 heterocycles. The summed E-state index contributed by atoms with van der Waals surface area (Å²) in [5.74, 6) is 0.367. The molecule has 1 atom stereocenters. The smallest absolute Gasteiger partial charge is 0.248 e. The number of carbonyl (C=O) groups excluding carboxylic acids is 1. The summed E-state index contributed by atoms with van der Waals surface area (Å²) in [6.07, 6.45) is 1.03. The first kappa shape index (κ1) is 19.7. The van der Waals surface area contributed by atoms with Crippen LogP contribution in [-0.4, -0.2) is 24.5 Å². The lowest BCUT2D eigenvalue weighted by molar-refractivity contribution is 0.1000. The predicted molar refractivity (Wildman–Crippen MR) is 98.1 cm³/mol. The van der Waals surface area contributed by atoms with Crippen molar-refractivity contribution in [3.63, 3.8) is 0 Å². The van der Waals surface area contributed by atoms with Crippen molar-refractivity contribution in [2.75, 3.05) is 6.54 Å². The Morgan fingerprint density at radius 3 is 2.67 bits per heavy atom. The van der Waals surface area contributed by atoms with Crippen LogP contribution >= 0.6 is 24.0 Å². The summed E-state index contributed by atoms with van der Waals surface area (Å²) in [7, 11) is 0. The number of rotatable bonds is 6. The van der Waals surface area contributed by atoms with E-state index in [1.807, 2.05) is 19.1 Å². The van der Waals surface area contributed by atoms with Crippen molar-refractivity contribution < 1.29 is 4.79 Å². The zero-order valence-corrected chi connectivity index (χ0v) is 15.2. The average molecular weight is 404 g/mol. The van der Waals surface area contributed by atoms with Gasteiger partial charge in [0.1, 0.15) is 0 Å². The standard InChI is InChI=1S/C15H24N4O.HI/c1-4-11(3)19-15(17-5-2)18-10-12-7-6-8-13(9-12)14(16)20;/h6-9,11H,4-5,10H2,1-3H3,(H2,16,20)(H2,17,18,19);1H. The number of primary amides is 1. The molecule has 1 rings (SSSR count). The Kier molecular flexibility index (Phi) is 9.77. The highest BCUT2D eigenvalue weighted by atomic mass is 127. The number of carbonyl (C=O) groups is 1. The van der Waals surface area contributed by atoms with Gasteiger partial charge in [0.05, 0.1) is 6.54 Å². The second-order valence-electron chi connectivity index (χ2n) is 4.71. The Balaban J connectivity index is 0.00000400. The van der Waals surface area contributed by atoms with Crippen LogP contribution in [0.4, 0.5) is 0 Å². The third-order valence-corrected chi connectivity index (χ3v) is 2.97. The molecule has 5 nitrogen and oxygen atoms in total. The molecule has 1 unspecified atom stereocenters. The monoisotopic (exact) mass is 404 g/mol. The summed E-state index contributed by atoms with van der Waals surface area (Å²) in [4.78, 5) is 15.7. The van der Waals surface area contributed by atoms with Gasteiger partial charge >= 0.3 is 0 Å². The normalized spacial score (nSPS) is 12.2. The third-order valence-electron chi connectivity index (χ3n) is 2.97. The van der Waals surface area contributed by atoms with Crippen LogP contribution in [0.5, 0.6) is 0 Å². The molecule has 0 fully saturated rings. The van der Waals surface area contributed by atoms with Gasteiger partial charge in [0.25, 0.3) is 0 Å². The van der Waals surface area contributed by atoms with Crippen LogP contribution in [0.2, 0.25) is 0 Å². The number of halogens is 1. The minimum absolute atomic E-state index is 0. The highest BCUT2D eigenvalue weighted by Gasteiger charge is 2.04. The number of nitrogens with two attached hydrogens (primary N) is 1. The maximum atomic E-state index is 11.1. The summed E-state index contributed by atoms with van der Waals surface area (Å²) < 4.78 is 0. The van der Waals surface area contributed by atoms with Crippen LogP contribution in [0.1, 0.15) is 43.1 Å². The van der Waals surface area contributed by atoms with Gasteiger partial charge in [0.15, 0.2) is 5.96 Å². The minimum atomic E-state index is -0.416. The predicted octanol–water partition coefficient (Wildman–Crippen LogP) is 2.26.